The average molecular weight is 467 g/mol. The number of halogens is 1. The lowest BCUT2D eigenvalue weighted by molar-refractivity contribution is 0.313. The van der Waals surface area contributed by atoms with Crippen molar-refractivity contribution in [2.24, 2.45) is 0 Å². The lowest BCUT2D eigenvalue weighted by Gasteiger charge is -2.34. The number of likely N-dealkylation sites (N-methyl/N-ethyl adjacent to an activating group) is 1. The number of benzene rings is 2. The van der Waals surface area contributed by atoms with Gasteiger partial charge in [0.15, 0.2) is 0 Å². The summed E-state index contributed by atoms with van der Waals surface area (Å²) in [5.41, 5.74) is 5.06. The number of nitrogens with zero attached hydrogens (tertiary/aromatic N) is 4. The van der Waals surface area contributed by atoms with Gasteiger partial charge in [0.1, 0.15) is 11.6 Å². The highest BCUT2D eigenvalue weighted by Crippen LogP contribution is 2.30. The number of hydrogen-bond acceptors (Lipinski definition) is 7. The number of nitrogens with one attached hydrogen (secondary N) is 2. The number of aryl methyl sites for hydroxylation is 1. The summed E-state index contributed by atoms with van der Waals surface area (Å²) in [7, 11) is 3.77. The van der Waals surface area contributed by atoms with Crippen LogP contribution in [-0.2, 0) is 6.42 Å². The molecule has 1 aliphatic rings. The number of anilines is 5. The highest BCUT2D eigenvalue weighted by Gasteiger charge is 2.15. The minimum atomic E-state index is 0.563. The van der Waals surface area contributed by atoms with Gasteiger partial charge in [-0.05, 0) is 56.8 Å². The van der Waals surface area contributed by atoms with Crippen LogP contribution in [0.2, 0.25) is 5.02 Å². The van der Waals surface area contributed by atoms with E-state index in [9.17, 15) is 0 Å². The number of piperazine rings is 1. The standard InChI is InChI=1S/C25H31ClN6O/c1-5-22-17(2)24(27-19-8-11-21(26)23(16-19)33-4)30-25(29-22)28-18-6-9-20(10-7-18)32-14-12-31(3)13-15-32/h6-11,16H,5,12-15H2,1-4H3,(H2,27,28,29,30). The van der Waals surface area contributed by atoms with Gasteiger partial charge < -0.3 is 25.2 Å². The molecule has 0 atom stereocenters. The zero-order chi connectivity index (χ0) is 23.4. The number of rotatable bonds is 7. The van der Waals surface area contributed by atoms with E-state index in [1.807, 2.05) is 19.1 Å². The minimum absolute atomic E-state index is 0.563. The summed E-state index contributed by atoms with van der Waals surface area (Å²) in [5, 5.41) is 7.33. The lowest BCUT2D eigenvalue weighted by atomic mass is 10.2. The third-order valence-corrected chi connectivity index (χ3v) is 6.30. The zero-order valence-electron chi connectivity index (χ0n) is 19.7. The Morgan fingerprint density at radius 2 is 1.67 bits per heavy atom. The van der Waals surface area contributed by atoms with Crippen molar-refractivity contribution < 1.29 is 4.74 Å². The number of aromatic nitrogens is 2. The van der Waals surface area contributed by atoms with E-state index in [1.54, 1.807) is 13.2 Å². The lowest BCUT2D eigenvalue weighted by Crippen LogP contribution is -2.44. The van der Waals surface area contributed by atoms with Crippen LogP contribution in [0.25, 0.3) is 0 Å². The number of methoxy groups -OCH3 is 1. The molecule has 0 bridgehead atoms. The average Bonchev–Trinajstić information content (AvgIpc) is 2.83. The Balaban J connectivity index is 1.53. The molecule has 3 aromatic rings. The van der Waals surface area contributed by atoms with Crippen LogP contribution in [0.15, 0.2) is 42.5 Å². The molecule has 33 heavy (non-hydrogen) atoms. The molecule has 0 radical (unpaired) electrons. The first-order valence-electron chi connectivity index (χ1n) is 11.3. The van der Waals surface area contributed by atoms with Gasteiger partial charge in [0.2, 0.25) is 5.95 Å². The van der Waals surface area contributed by atoms with Gasteiger partial charge in [-0.15, -0.1) is 0 Å². The van der Waals surface area contributed by atoms with Crippen molar-refractivity contribution in [1.82, 2.24) is 14.9 Å². The van der Waals surface area contributed by atoms with Crippen LogP contribution in [0.4, 0.5) is 28.8 Å². The largest absolute Gasteiger partial charge is 0.495 e. The molecule has 0 spiro atoms. The molecule has 0 amide bonds. The molecule has 2 N–H and O–H groups in total. The molecule has 0 saturated carbocycles. The van der Waals surface area contributed by atoms with Crippen molar-refractivity contribution >= 4 is 40.4 Å². The van der Waals surface area contributed by atoms with Crippen LogP contribution in [0, 0.1) is 6.92 Å². The first kappa shape index (κ1) is 23.1. The van der Waals surface area contributed by atoms with E-state index in [0.29, 0.717) is 16.7 Å². The molecule has 1 aliphatic heterocycles. The van der Waals surface area contributed by atoms with E-state index in [-0.39, 0.29) is 0 Å². The van der Waals surface area contributed by atoms with Gasteiger partial charge in [0.25, 0.3) is 0 Å². The van der Waals surface area contributed by atoms with Crippen LogP contribution >= 0.6 is 11.6 Å². The highest BCUT2D eigenvalue weighted by atomic mass is 35.5. The van der Waals surface area contributed by atoms with Gasteiger partial charge in [-0.25, -0.2) is 4.98 Å². The number of hydrogen-bond donors (Lipinski definition) is 2. The molecule has 8 heteroatoms. The SMILES string of the molecule is CCc1nc(Nc2ccc(N3CCN(C)CC3)cc2)nc(Nc2ccc(Cl)c(OC)c2)c1C. The molecular weight excluding hydrogens is 436 g/mol. The van der Waals surface area contributed by atoms with Crippen molar-refractivity contribution in [3.8, 4) is 5.75 Å². The van der Waals surface area contributed by atoms with Gasteiger partial charge in [0.05, 0.1) is 17.8 Å². The summed E-state index contributed by atoms with van der Waals surface area (Å²) in [4.78, 5) is 14.3. The van der Waals surface area contributed by atoms with Crippen LogP contribution in [-0.4, -0.2) is 55.2 Å². The highest BCUT2D eigenvalue weighted by molar-refractivity contribution is 6.32. The summed E-state index contributed by atoms with van der Waals surface area (Å²) in [6.07, 6.45) is 0.810. The first-order valence-corrected chi connectivity index (χ1v) is 11.6. The van der Waals surface area contributed by atoms with E-state index in [1.165, 1.54) is 5.69 Å². The Bertz CT molecular complexity index is 1100. The second-order valence-corrected chi connectivity index (χ2v) is 8.66. The third-order valence-electron chi connectivity index (χ3n) is 5.99. The normalized spacial score (nSPS) is 14.3. The molecule has 2 heterocycles. The van der Waals surface area contributed by atoms with E-state index >= 15 is 0 Å². The minimum Gasteiger partial charge on any atom is -0.495 e. The molecular formula is C25H31ClN6O. The maximum atomic E-state index is 6.17. The third kappa shape index (κ3) is 5.49. The Morgan fingerprint density at radius 1 is 0.970 bits per heavy atom. The fourth-order valence-corrected chi connectivity index (χ4v) is 4.10. The fourth-order valence-electron chi connectivity index (χ4n) is 3.91. The molecule has 7 nitrogen and oxygen atoms in total. The predicted octanol–water partition coefficient (Wildman–Crippen LogP) is 5.25. The quantitative estimate of drug-likeness (QED) is 0.493. The zero-order valence-corrected chi connectivity index (χ0v) is 20.4. The van der Waals surface area contributed by atoms with E-state index in [4.69, 9.17) is 26.3 Å². The fraction of sp³-hybridized carbons (Fsp3) is 0.360. The summed E-state index contributed by atoms with van der Waals surface area (Å²) in [6, 6.07) is 14.0. The molecule has 1 saturated heterocycles. The molecule has 0 unspecified atom stereocenters. The van der Waals surface area contributed by atoms with Crippen molar-refractivity contribution in [3.05, 3.63) is 58.7 Å². The van der Waals surface area contributed by atoms with Crippen molar-refractivity contribution in [2.45, 2.75) is 20.3 Å². The summed E-state index contributed by atoms with van der Waals surface area (Å²) >= 11 is 6.17. The van der Waals surface area contributed by atoms with Crippen molar-refractivity contribution in [3.63, 3.8) is 0 Å². The van der Waals surface area contributed by atoms with E-state index in [0.717, 1.165) is 61.0 Å². The maximum absolute atomic E-state index is 6.17. The summed E-state index contributed by atoms with van der Waals surface area (Å²) in [6.45, 7) is 8.41. The smallest absolute Gasteiger partial charge is 0.229 e. The van der Waals surface area contributed by atoms with Gasteiger partial charge >= 0.3 is 0 Å². The Hall–Kier alpha value is -3.03. The van der Waals surface area contributed by atoms with E-state index in [2.05, 4.69) is 58.7 Å². The Labute approximate surface area is 200 Å². The van der Waals surface area contributed by atoms with Gasteiger partial charge in [-0.1, -0.05) is 18.5 Å². The van der Waals surface area contributed by atoms with E-state index < -0.39 is 0 Å². The molecule has 1 aromatic heterocycles. The summed E-state index contributed by atoms with van der Waals surface area (Å²) < 4.78 is 5.34. The van der Waals surface area contributed by atoms with Gasteiger partial charge in [-0.3, -0.25) is 0 Å². The second-order valence-electron chi connectivity index (χ2n) is 8.26. The maximum Gasteiger partial charge on any atom is 0.229 e. The van der Waals surface area contributed by atoms with Crippen LogP contribution in [0.3, 0.4) is 0 Å². The number of ether oxygens (including phenoxy) is 1. The van der Waals surface area contributed by atoms with Crippen LogP contribution in [0.5, 0.6) is 5.75 Å². The Morgan fingerprint density at radius 3 is 2.33 bits per heavy atom. The molecule has 0 aliphatic carbocycles. The van der Waals surface area contributed by atoms with Crippen molar-refractivity contribution in [1.29, 1.82) is 0 Å². The Kier molecular flexibility index (Phi) is 7.20. The van der Waals surface area contributed by atoms with Crippen LogP contribution in [0.1, 0.15) is 18.2 Å². The topological polar surface area (TPSA) is 65.6 Å². The monoisotopic (exact) mass is 466 g/mol. The van der Waals surface area contributed by atoms with Crippen molar-refractivity contribution in [2.75, 3.05) is 55.9 Å². The van der Waals surface area contributed by atoms with Crippen LogP contribution < -0.4 is 20.3 Å². The van der Waals surface area contributed by atoms with Gasteiger partial charge in [0, 0.05) is 54.9 Å². The molecule has 1 fully saturated rings. The first-order chi connectivity index (χ1) is 16.0. The van der Waals surface area contributed by atoms with Gasteiger partial charge in [-0.2, -0.15) is 4.98 Å². The molecule has 4 rings (SSSR count). The molecule has 2 aromatic carbocycles. The summed E-state index contributed by atoms with van der Waals surface area (Å²) in [5.74, 6) is 1.93. The predicted molar refractivity (Wildman–Crippen MR) is 137 cm³/mol. The second kappa shape index (κ2) is 10.3. The molecule has 174 valence electrons.